The third-order valence-electron chi connectivity index (χ3n) is 4.58. The van der Waals surface area contributed by atoms with Crippen LogP contribution in [0.1, 0.15) is 33.3 Å². The maximum atomic E-state index is 12.5. The zero-order valence-electron chi connectivity index (χ0n) is 19.0. The van der Waals surface area contributed by atoms with Gasteiger partial charge in [-0.2, -0.15) is 0 Å². The van der Waals surface area contributed by atoms with Crippen LogP contribution in [-0.2, 0) is 30.3 Å². The highest BCUT2D eigenvalue weighted by molar-refractivity contribution is 5.82. The van der Waals surface area contributed by atoms with Crippen molar-refractivity contribution in [3.05, 3.63) is 35.9 Å². The normalized spacial score (nSPS) is 18.3. The molecule has 1 heterocycles. The molecule has 0 saturated carbocycles. The fraction of sp³-hybridized carbons (Fsp3) is 0.591. The molecule has 1 aliphatic rings. The molecule has 178 valence electrons. The number of nitrogens with zero attached hydrogens (tertiary/aromatic N) is 1. The highest BCUT2D eigenvalue weighted by Gasteiger charge is 2.39. The maximum absolute atomic E-state index is 12.5. The largest absolute Gasteiger partial charge is 0.464 e. The Bertz CT molecular complexity index is 767. The third kappa shape index (κ3) is 8.01. The summed E-state index contributed by atoms with van der Waals surface area (Å²) in [6, 6.07) is 7.13. The average Bonchev–Trinajstić information content (AvgIpc) is 2.75. The average molecular weight is 452 g/mol. The van der Waals surface area contributed by atoms with Crippen molar-refractivity contribution in [3.63, 3.8) is 0 Å². The predicted molar refractivity (Wildman–Crippen MR) is 116 cm³/mol. The minimum absolute atomic E-state index is 0.0979. The highest BCUT2D eigenvalue weighted by atomic mass is 16.6. The molecule has 0 unspecified atom stereocenters. The number of rotatable bonds is 7. The van der Waals surface area contributed by atoms with E-state index in [4.69, 9.17) is 24.7 Å². The Labute approximate surface area is 188 Å². The van der Waals surface area contributed by atoms with Crippen LogP contribution in [-0.4, -0.2) is 73.1 Å². The minimum atomic E-state index is -1.21. The molecule has 2 amide bonds. The monoisotopic (exact) mass is 451 g/mol. The Hall–Kier alpha value is -2.85. The summed E-state index contributed by atoms with van der Waals surface area (Å²) in [6.45, 7) is 7.64. The molecule has 0 spiro atoms. The SMILES string of the molecule is CCOC(=O)[C@@H](NC(=O)OC(C)(C)C)[C@H](N)[C@H]1CN(C(=O)OCc2ccccc2)CCO1. The van der Waals surface area contributed by atoms with Crippen molar-refractivity contribution in [1.29, 1.82) is 0 Å². The fourth-order valence-corrected chi connectivity index (χ4v) is 3.08. The van der Waals surface area contributed by atoms with E-state index in [-0.39, 0.29) is 26.4 Å². The molecule has 2 rings (SSSR count). The summed E-state index contributed by atoms with van der Waals surface area (Å²) >= 11 is 0. The lowest BCUT2D eigenvalue weighted by atomic mass is 10.0. The van der Waals surface area contributed by atoms with E-state index in [0.717, 1.165) is 5.56 Å². The van der Waals surface area contributed by atoms with Crippen LogP contribution in [0.2, 0.25) is 0 Å². The molecule has 10 nitrogen and oxygen atoms in total. The zero-order chi connectivity index (χ0) is 23.7. The smallest absolute Gasteiger partial charge is 0.410 e. The van der Waals surface area contributed by atoms with Gasteiger partial charge in [0.15, 0.2) is 0 Å². The zero-order valence-corrected chi connectivity index (χ0v) is 19.0. The number of nitrogens with two attached hydrogens (primary N) is 1. The van der Waals surface area contributed by atoms with E-state index in [1.807, 2.05) is 30.3 Å². The number of amides is 2. The Kier molecular flexibility index (Phi) is 9.27. The Morgan fingerprint density at radius 2 is 1.91 bits per heavy atom. The quantitative estimate of drug-likeness (QED) is 0.474. The first-order valence-corrected chi connectivity index (χ1v) is 10.6. The van der Waals surface area contributed by atoms with Gasteiger partial charge in [-0.15, -0.1) is 0 Å². The van der Waals surface area contributed by atoms with Gasteiger partial charge in [-0.25, -0.2) is 14.4 Å². The van der Waals surface area contributed by atoms with Crippen LogP contribution < -0.4 is 11.1 Å². The summed E-state index contributed by atoms with van der Waals surface area (Å²) in [5.41, 5.74) is 6.40. The Morgan fingerprint density at radius 3 is 2.53 bits per heavy atom. The van der Waals surface area contributed by atoms with E-state index in [9.17, 15) is 14.4 Å². The van der Waals surface area contributed by atoms with Gasteiger partial charge in [0, 0.05) is 6.54 Å². The second-order valence-corrected chi connectivity index (χ2v) is 8.35. The van der Waals surface area contributed by atoms with Crippen LogP contribution >= 0.6 is 0 Å². The van der Waals surface area contributed by atoms with Gasteiger partial charge in [-0.05, 0) is 33.3 Å². The summed E-state index contributed by atoms with van der Waals surface area (Å²) in [5.74, 6) is -0.710. The van der Waals surface area contributed by atoms with Crippen LogP contribution in [0.3, 0.4) is 0 Å². The van der Waals surface area contributed by atoms with Gasteiger partial charge in [-0.3, -0.25) is 0 Å². The molecule has 1 saturated heterocycles. The number of esters is 1. The van der Waals surface area contributed by atoms with Gasteiger partial charge >= 0.3 is 18.2 Å². The van der Waals surface area contributed by atoms with Crippen molar-refractivity contribution >= 4 is 18.2 Å². The lowest BCUT2D eigenvalue weighted by Gasteiger charge is -2.37. The van der Waals surface area contributed by atoms with E-state index in [1.165, 1.54) is 4.90 Å². The van der Waals surface area contributed by atoms with Crippen molar-refractivity contribution in [3.8, 4) is 0 Å². The molecular formula is C22H33N3O7. The summed E-state index contributed by atoms with van der Waals surface area (Å²) in [7, 11) is 0. The minimum Gasteiger partial charge on any atom is -0.464 e. The molecule has 0 bridgehead atoms. The van der Waals surface area contributed by atoms with E-state index < -0.39 is 41.9 Å². The number of carbonyl (C=O) groups excluding carboxylic acids is 3. The molecule has 3 atom stereocenters. The van der Waals surface area contributed by atoms with Gasteiger partial charge < -0.3 is 34.9 Å². The van der Waals surface area contributed by atoms with Crippen molar-refractivity contribution in [2.24, 2.45) is 5.73 Å². The van der Waals surface area contributed by atoms with E-state index in [1.54, 1.807) is 27.7 Å². The van der Waals surface area contributed by atoms with Crippen molar-refractivity contribution < 1.29 is 33.3 Å². The Balaban J connectivity index is 2.01. The summed E-state index contributed by atoms with van der Waals surface area (Å²) < 4.78 is 21.4. The molecule has 3 N–H and O–H groups in total. The molecule has 1 aromatic rings. The van der Waals surface area contributed by atoms with Gasteiger partial charge in [-0.1, -0.05) is 30.3 Å². The predicted octanol–water partition coefficient (Wildman–Crippen LogP) is 1.81. The van der Waals surface area contributed by atoms with Crippen LogP contribution in [0.4, 0.5) is 9.59 Å². The van der Waals surface area contributed by atoms with E-state index in [0.29, 0.717) is 6.54 Å². The first-order valence-electron chi connectivity index (χ1n) is 10.6. The lowest BCUT2D eigenvalue weighted by Crippen LogP contribution is -2.62. The number of ether oxygens (including phenoxy) is 4. The van der Waals surface area contributed by atoms with E-state index in [2.05, 4.69) is 5.32 Å². The molecule has 10 heteroatoms. The molecule has 32 heavy (non-hydrogen) atoms. The summed E-state index contributed by atoms with van der Waals surface area (Å²) in [6.07, 6.45) is -2.04. The number of morpholine rings is 1. The summed E-state index contributed by atoms with van der Waals surface area (Å²) in [4.78, 5) is 38.7. The number of nitrogens with one attached hydrogen (secondary N) is 1. The van der Waals surface area contributed by atoms with E-state index >= 15 is 0 Å². The molecule has 1 fully saturated rings. The van der Waals surface area contributed by atoms with Gasteiger partial charge in [0.25, 0.3) is 0 Å². The van der Waals surface area contributed by atoms with Gasteiger partial charge in [0.2, 0.25) is 0 Å². The van der Waals surface area contributed by atoms with Crippen molar-refractivity contribution in [2.45, 2.75) is 58.1 Å². The first kappa shape index (κ1) is 25.4. The van der Waals surface area contributed by atoms with Crippen molar-refractivity contribution in [1.82, 2.24) is 10.2 Å². The molecule has 0 aromatic heterocycles. The topological polar surface area (TPSA) is 129 Å². The van der Waals surface area contributed by atoms with Crippen LogP contribution in [0, 0.1) is 0 Å². The second kappa shape index (κ2) is 11.7. The van der Waals surface area contributed by atoms with Gasteiger partial charge in [0.05, 0.1) is 31.9 Å². The molecule has 1 aromatic carbocycles. The van der Waals surface area contributed by atoms with Crippen LogP contribution in [0.15, 0.2) is 30.3 Å². The number of alkyl carbamates (subject to hydrolysis) is 1. The molecule has 0 radical (unpaired) electrons. The number of benzene rings is 1. The summed E-state index contributed by atoms with van der Waals surface area (Å²) in [5, 5.41) is 2.47. The molecule has 0 aliphatic carbocycles. The number of carbonyl (C=O) groups is 3. The number of hydrogen-bond acceptors (Lipinski definition) is 8. The number of hydrogen-bond donors (Lipinski definition) is 2. The maximum Gasteiger partial charge on any atom is 0.410 e. The molecular weight excluding hydrogens is 418 g/mol. The van der Waals surface area contributed by atoms with Crippen molar-refractivity contribution in [2.75, 3.05) is 26.3 Å². The fourth-order valence-electron chi connectivity index (χ4n) is 3.08. The third-order valence-corrected chi connectivity index (χ3v) is 4.58. The standard InChI is InChI=1S/C22H33N3O7/c1-5-29-19(26)18(24-20(27)32-22(2,3)4)17(23)16-13-25(11-12-30-16)21(28)31-14-15-9-7-6-8-10-15/h6-10,16-18H,5,11-14,23H2,1-4H3,(H,24,27)/t16-,17-,18+/m1/s1. The first-order chi connectivity index (χ1) is 15.1. The highest BCUT2D eigenvalue weighted by Crippen LogP contribution is 2.15. The van der Waals surface area contributed by atoms with Crippen LogP contribution in [0.25, 0.3) is 0 Å². The Morgan fingerprint density at radius 1 is 1.22 bits per heavy atom. The molecule has 1 aliphatic heterocycles. The van der Waals surface area contributed by atoms with Gasteiger partial charge in [0.1, 0.15) is 18.2 Å². The van der Waals surface area contributed by atoms with Crippen LogP contribution in [0.5, 0.6) is 0 Å². The lowest BCUT2D eigenvalue weighted by molar-refractivity contribution is -0.148. The second-order valence-electron chi connectivity index (χ2n) is 8.35.